The van der Waals surface area contributed by atoms with Gasteiger partial charge in [-0.3, -0.25) is 0 Å². The highest BCUT2D eigenvalue weighted by molar-refractivity contribution is 6.42. The normalized spacial score (nSPS) is 19.1. The molecule has 16 heavy (non-hydrogen) atoms. The van der Waals surface area contributed by atoms with Gasteiger partial charge in [0.1, 0.15) is 6.04 Å². The van der Waals surface area contributed by atoms with Crippen LogP contribution in [0.4, 0.5) is 0 Å². The molecular weight excluding hydrogens is 249 g/mol. The largest absolute Gasteiger partial charge is 0.468 e. The van der Waals surface area contributed by atoms with Crippen molar-refractivity contribution in [2.75, 3.05) is 13.7 Å². The van der Waals surface area contributed by atoms with E-state index in [4.69, 9.17) is 27.9 Å². The summed E-state index contributed by atoms with van der Waals surface area (Å²) in [5, 5.41) is 4.15. The van der Waals surface area contributed by atoms with Crippen molar-refractivity contribution in [2.45, 2.75) is 12.5 Å². The first-order valence-corrected chi connectivity index (χ1v) is 5.68. The maximum absolute atomic E-state index is 11.6. The summed E-state index contributed by atoms with van der Waals surface area (Å²) < 4.78 is 4.74. The molecule has 86 valence electrons. The van der Waals surface area contributed by atoms with E-state index >= 15 is 0 Å². The number of hydrogen-bond donors (Lipinski definition) is 1. The summed E-state index contributed by atoms with van der Waals surface area (Å²) in [5.41, 5.74) is 1.79. The van der Waals surface area contributed by atoms with E-state index in [1.165, 1.54) is 7.11 Å². The zero-order chi connectivity index (χ0) is 11.7. The van der Waals surface area contributed by atoms with E-state index in [1.807, 2.05) is 6.07 Å². The van der Waals surface area contributed by atoms with Crippen LogP contribution in [0.1, 0.15) is 17.2 Å². The topological polar surface area (TPSA) is 38.3 Å². The van der Waals surface area contributed by atoms with Gasteiger partial charge in [-0.25, -0.2) is 4.79 Å². The summed E-state index contributed by atoms with van der Waals surface area (Å²) in [6, 6.07) is 3.08. The lowest BCUT2D eigenvalue weighted by atomic mass is 9.94. The minimum Gasteiger partial charge on any atom is -0.468 e. The molecule has 1 aromatic rings. The number of esters is 1. The van der Waals surface area contributed by atoms with Crippen molar-refractivity contribution in [1.82, 2.24) is 5.32 Å². The SMILES string of the molecule is COC(=O)C1NCCc2c1ccc(Cl)c2Cl. The van der Waals surface area contributed by atoms with Crippen LogP contribution in [0.25, 0.3) is 0 Å². The Bertz CT molecular complexity index is 434. The van der Waals surface area contributed by atoms with Crippen molar-refractivity contribution < 1.29 is 9.53 Å². The van der Waals surface area contributed by atoms with Crippen molar-refractivity contribution in [3.63, 3.8) is 0 Å². The van der Waals surface area contributed by atoms with Gasteiger partial charge in [0.15, 0.2) is 0 Å². The summed E-state index contributed by atoms with van der Waals surface area (Å²) in [5.74, 6) is -0.306. The van der Waals surface area contributed by atoms with E-state index in [9.17, 15) is 4.79 Å². The minimum atomic E-state index is -0.441. The average Bonchev–Trinajstić information content (AvgIpc) is 2.32. The molecule has 1 aliphatic heterocycles. The van der Waals surface area contributed by atoms with E-state index in [0.29, 0.717) is 16.6 Å². The molecule has 0 saturated heterocycles. The quantitative estimate of drug-likeness (QED) is 0.788. The molecule has 0 fully saturated rings. The highest BCUT2D eigenvalue weighted by Crippen LogP contribution is 2.34. The first kappa shape index (κ1) is 11.7. The molecule has 0 bridgehead atoms. The van der Waals surface area contributed by atoms with Gasteiger partial charge in [-0.05, 0) is 23.6 Å². The molecule has 1 heterocycles. The molecule has 3 nitrogen and oxygen atoms in total. The zero-order valence-electron chi connectivity index (χ0n) is 8.72. The second-order valence-corrected chi connectivity index (χ2v) is 4.37. The lowest BCUT2D eigenvalue weighted by Gasteiger charge is -2.25. The number of carbonyl (C=O) groups is 1. The van der Waals surface area contributed by atoms with Crippen molar-refractivity contribution in [3.8, 4) is 0 Å². The van der Waals surface area contributed by atoms with Crippen LogP contribution in [0.15, 0.2) is 12.1 Å². The predicted molar refractivity (Wildman–Crippen MR) is 62.9 cm³/mol. The molecule has 0 saturated carbocycles. The summed E-state index contributed by atoms with van der Waals surface area (Å²) >= 11 is 12.1. The van der Waals surface area contributed by atoms with E-state index in [0.717, 1.165) is 17.5 Å². The van der Waals surface area contributed by atoms with Crippen molar-refractivity contribution in [3.05, 3.63) is 33.3 Å². The van der Waals surface area contributed by atoms with Gasteiger partial charge >= 0.3 is 5.97 Å². The van der Waals surface area contributed by atoms with Crippen LogP contribution in [0.3, 0.4) is 0 Å². The molecule has 0 aromatic heterocycles. The van der Waals surface area contributed by atoms with Gasteiger partial charge in [-0.2, -0.15) is 0 Å². The van der Waals surface area contributed by atoms with Crippen LogP contribution in [-0.2, 0) is 16.0 Å². The van der Waals surface area contributed by atoms with Crippen LogP contribution in [0, 0.1) is 0 Å². The molecule has 1 unspecified atom stereocenters. The minimum absolute atomic E-state index is 0.306. The van der Waals surface area contributed by atoms with Gasteiger partial charge in [0, 0.05) is 6.54 Å². The predicted octanol–water partition coefficient (Wildman–Crippen LogP) is 2.35. The van der Waals surface area contributed by atoms with Crippen LogP contribution in [0.2, 0.25) is 10.0 Å². The lowest BCUT2D eigenvalue weighted by molar-refractivity contribution is -0.143. The summed E-state index contributed by atoms with van der Waals surface area (Å²) in [4.78, 5) is 11.6. The third kappa shape index (κ3) is 1.90. The molecule has 1 N–H and O–H groups in total. The summed E-state index contributed by atoms with van der Waals surface area (Å²) in [6.07, 6.45) is 0.766. The number of nitrogens with one attached hydrogen (secondary N) is 1. The standard InChI is InChI=1S/C11H11Cl2NO2/c1-16-11(15)10-7-2-3-8(12)9(13)6(7)4-5-14-10/h2-3,10,14H,4-5H2,1H3. The van der Waals surface area contributed by atoms with Crippen molar-refractivity contribution in [2.24, 2.45) is 0 Å². The maximum Gasteiger partial charge on any atom is 0.327 e. The molecule has 0 spiro atoms. The molecule has 2 rings (SSSR count). The molecule has 0 amide bonds. The van der Waals surface area contributed by atoms with E-state index in [1.54, 1.807) is 6.07 Å². The number of ether oxygens (including phenoxy) is 1. The molecule has 1 aromatic carbocycles. The van der Waals surface area contributed by atoms with Crippen LogP contribution < -0.4 is 5.32 Å². The maximum atomic E-state index is 11.6. The average molecular weight is 260 g/mol. The molecule has 5 heteroatoms. The van der Waals surface area contributed by atoms with Gasteiger partial charge < -0.3 is 10.1 Å². The van der Waals surface area contributed by atoms with Crippen LogP contribution >= 0.6 is 23.2 Å². The van der Waals surface area contributed by atoms with E-state index in [-0.39, 0.29) is 5.97 Å². The van der Waals surface area contributed by atoms with Crippen molar-refractivity contribution in [1.29, 1.82) is 0 Å². The fraction of sp³-hybridized carbons (Fsp3) is 0.364. The summed E-state index contributed by atoms with van der Waals surface area (Å²) in [6.45, 7) is 0.687. The van der Waals surface area contributed by atoms with Crippen LogP contribution in [-0.4, -0.2) is 19.6 Å². The van der Waals surface area contributed by atoms with Crippen LogP contribution in [0.5, 0.6) is 0 Å². The number of fused-ring (bicyclic) bond motifs is 1. The number of carbonyl (C=O) groups excluding carboxylic acids is 1. The van der Waals surface area contributed by atoms with E-state index < -0.39 is 6.04 Å². The monoisotopic (exact) mass is 259 g/mol. The van der Waals surface area contributed by atoms with Gasteiger partial charge in [0.05, 0.1) is 17.2 Å². The third-order valence-corrected chi connectivity index (χ3v) is 3.55. The first-order valence-electron chi connectivity index (χ1n) is 4.93. The Kier molecular flexibility index (Phi) is 3.38. The molecule has 0 radical (unpaired) electrons. The van der Waals surface area contributed by atoms with Gasteiger partial charge in [0.2, 0.25) is 0 Å². The second-order valence-electron chi connectivity index (χ2n) is 3.59. The van der Waals surface area contributed by atoms with Gasteiger partial charge in [-0.1, -0.05) is 29.3 Å². The van der Waals surface area contributed by atoms with Gasteiger partial charge in [0.25, 0.3) is 0 Å². The molecular formula is C11H11Cl2NO2. The van der Waals surface area contributed by atoms with Gasteiger partial charge in [-0.15, -0.1) is 0 Å². The Balaban J connectivity index is 2.47. The molecule has 1 atom stereocenters. The first-order chi connectivity index (χ1) is 7.65. The number of hydrogen-bond acceptors (Lipinski definition) is 3. The Morgan fingerprint density at radius 1 is 1.50 bits per heavy atom. The number of halogens is 2. The Hall–Kier alpha value is -0.770. The smallest absolute Gasteiger partial charge is 0.327 e. The number of benzene rings is 1. The highest BCUT2D eigenvalue weighted by Gasteiger charge is 2.28. The molecule has 1 aliphatic rings. The third-order valence-electron chi connectivity index (χ3n) is 2.70. The second kappa shape index (κ2) is 4.62. The Labute approximate surface area is 104 Å². The fourth-order valence-corrected chi connectivity index (χ4v) is 2.36. The number of methoxy groups -OCH3 is 1. The zero-order valence-corrected chi connectivity index (χ0v) is 10.2. The van der Waals surface area contributed by atoms with Crippen molar-refractivity contribution >= 4 is 29.2 Å². The number of rotatable bonds is 1. The summed E-state index contributed by atoms with van der Waals surface area (Å²) in [7, 11) is 1.37. The highest BCUT2D eigenvalue weighted by atomic mass is 35.5. The Morgan fingerprint density at radius 3 is 2.94 bits per heavy atom. The molecule has 0 aliphatic carbocycles. The Morgan fingerprint density at radius 2 is 2.25 bits per heavy atom. The lowest BCUT2D eigenvalue weighted by Crippen LogP contribution is -2.35. The van der Waals surface area contributed by atoms with E-state index in [2.05, 4.69) is 5.32 Å². The fourth-order valence-electron chi connectivity index (χ4n) is 1.91.